The zero-order valence-corrected chi connectivity index (χ0v) is 38.7. The van der Waals surface area contributed by atoms with Crippen LogP contribution >= 0.6 is 0 Å². The molecule has 0 unspecified atom stereocenters. The third-order valence-electron chi connectivity index (χ3n) is 14.4. The smallest absolute Gasteiger partial charge is 0.143 e. The molecule has 0 aliphatic heterocycles. The van der Waals surface area contributed by atoms with Crippen molar-refractivity contribution in [3.63, 3.8) is 0 Å². The summed E-state index contributed by atoms with van der Waals surface area (Å²) in [4.78, 5) is 2.38. The molecule has 3 nitrogen and oxygen atoms in total. The highest BCUT2D eigenvalue weighted by Gasteiger charge is 2.19. The van der Waals surface area contributed by atoms with Gasteiger partial charge in [0.15, 0.2) is 0 Å². The quantitative estimate of drug-likeness (QED) is 0.142. The van der Waals surface area contributed by atoms with Gasteiger partial charge in [0.05, 0.1) is 16.7 Å². The molecule has 0 atom stereocenters. The minimum atomic E-state index is 0.901. The summed E-state index contributed by atoms with van der Waals surface area (Å²) in [5.41, 5.74) is 17.8. The molecule has 0 amide bonds. The summed E-state index contributed by atoms with van der Waals surface area (Å²) in [7, 11) is 0. The number of furan rings is 1. The van der Waals surface area contributed by atoms with E-state index in [1.54, 1.807) is 0 Å². The molecule has 0 N–H and O–H groups in total. The number of para-hydroxylation sites is 5. The van der Waals surface area contributed by atoms with Gasteiger partial charge in [-0.15, -0.1) is 0 Å². The Morgan fingerprint density at radius 2 is 0.817 bits per heavy atom. The van der Waals surface area contributed by atoms with Gasteiger partial charge in [-0.05, 0) is 122 Å². The van der Waals surface area contributed by atoms with Crippen LogP contribution in [0.25, 0.3) is 115 Å². The molecular weight excluding hydrogens is 861 g/mol. The first-order valence-corrected chi connectivity index (χ1v) is 24.3. The minimum absolute atomic E-state index is 0.901. The van der Waals surface area contributed by atoms with E-state index in [2.05, 4.69) is 264 Å². The van der Waals surface area contributed by atoms with E-state index >= 15 is 0 Å². The molecule has 0 saturated heterocycles. The lowest BCUT2D eigenvalue weighted by Gasteiger charge is -2.26. The van der Waals surface area contributed by atoms with Gasteiger partial charge in [-0.3, -0.25) is 0 Å². The second-order valence-electron chi connectivity index (χ2n) is 18.4. The van der Waals surface area contributed by atoms with Gasteiger partial charge in [-0.25, -0.2) is 0 Å². The lowest BCUT2D eigenvalue weighted by atomic mass is 9.93. The van der Waals surface area contributed by atoms with E-state index in [1.807, 2.05) is 12.1 Å². The van der Waals surface area contributed by atoms with Gasteiger partial charge in [0, 0.05) is 49.7 Å². The number of benzene rings is 12. The van der Waals surface area contributed by atoms with Crippen molar-refractivity contribution < 1.29 is 4.42 Å². The molecule has 14 rings (SSSR count). The van der Waals surface area contributed by atoms with E-state index in [4.69, 9.17) is 4.42 Å². The number of hydrogen-bond donors (Lipinski definition) is 0. The van der Waals surface area contributed by atoms with Crippen LogP contribution in [-0.4, -0.2) is 4.57 Å². The van der Waals surface area contributed by atoms with Gasteiger partial charge in [0.2, 0.25) is 0 Å². The minimum Gasteiger partial charge on any atom is -0.455 e. The lowest BCUT2D eigenvalue weighted by molar-refractivity contribution is 0.670. The van der Waals surface area contributed by atoms with Crippen LogP contribution in [0, 0.1) is 0 Å². The number of rotatable bonds is 8. The van der Waals surface area contributed by atoms with Crippen molar-refractivity contribution in [2.45, 2.75) is 0 Å². The van der Waals surface area contributed by atoms with Crippen LogP contribution in [-0.2, 0) is 0 Å². The summed E-state index contributed by atoms with van der Waals surface area (Å²) in [5.74, 6) is 0. The number of aromatic nitrogens is 1. The van der Waals surface area contributed by atoms with Crippen LogP contribution in [0.1, 0.15) is 0 Å². The fourth-order valence-electron chi connectivity index (χ4n) is 11.1. The lowest BCUT2D eigenvalue weighted by Crippen LogP contribution is -2.09. The Morgan fingerprint density at radius 3 is 1.59 bits per heavy atom. The summed E-state index contributed by atoms with van der Waals surface area (Å²) in [5, 5.41) is 9.72. The zero-order chi connectivity index (χ0) is 46.8. The molecule has 2 aromatic heterocycles. The van der Waals surface area contributed by atoms with E-state index in [0.717, 1.165) is 78.1 Å². The van der Waals surface area contributed by atoms with Crippen LogP contribution < -0.4 is 4.90 Å². The molecule has 0 bridgehead atoms. The van der Waals surface area contributed by atoms with Gasteiger partial charge >= 0.3 is 0 Å². The predicted octanol–water partition coefficient (Wildman–Crippen LogP) is 19.1. The largest absolute Gasteiger partial charge is 0.455 e. The summed E-state index contributed by atoms with van der Waals surface area (Å²) >= 11 is 0. The topological polar surface area (TPSA) is 21.3 Å². The van der Waals surface area contributed by atoms with E-state index in [0.29, 0.717) is 0 Å². The Hall–Kier alpha value is -9.44. The van der Waals surface area contributed by atoms with Crippen molar-refractivity contribution in [1.82, 2.24) is 4.57 Å². The molecule has 0 fully saturated rings. The molecule has 0 aliphatic carbocycles. The number of fused-ring (bicyclic) bond motifs is 9. The summed E-state index contributed by atoms with van der Waals surface area (Å²) in [6, 6.07) is 96.7. The van der Waals surface area contributed by atoms with E-state index in [-0.39, 0.29) is 0 Å². The molecule has 71 heavy (non-hydrogen) atoms. The predicted molar refractivity (Wildman–Crippen MR) is 299 cm³/mol. The SMILES string of the molecule is c1cc(-c2ccc(N(c3ccc(-c4ccccc4-c4cccc5c4oc4ccccc45)cc3)c3ccc4c(ccc5ccccc54)c3)cc2)cc(-c2ccccc2-n2c3ccccc3c3ccccc32)c1. The molecule has 14 aromatic rings. The molecule has 2 heterocycles. The molecule has 0 aliphatic rings. The third kappa shape index (κ3) is 6.82. The van der Waals surface area contributed by atoms with Crippen molar-refractivity contribution in [2.24, 2.45) is 0 Å². The Balaban J connectivity index is 0.849. The van der Waals surface area contributed by atoms with Crippen molar-refractivity contribution >= 4 is 82.4 Å². The standard InChI is InChI=1S/C68H44N2O/c1-2-18-54-46(15-1)31-32-50-44-53(41-42-56(50)54)69(52-39-35-47(36-40-52)55-19-3-4-21-58(55)62-25-14-26-63-61-24-8-12-30-67(61)71-68(62)63)51-37-33-45(34-38-51)48-16-13-17-49(43-48)57-20-5-9-27-64(57)70-65-28-10-6-22-59(65)60-23-7-11-29-66(60)70/h1-44H. The van der Waals surface area contributed by atoms with Crippen LogP contribution in [0.15, 0.2) is 271 Å². The Kier molecular flexibility index (Phi) is 9.53. The van der Waals surface area contributed by atoms with E-state index < -0.39 is 0 Å². The summed E-state index contributed by atoms with van der Waals surface area (Å²) in [6.45, 7) is 0. The molecule has 12 aromatic carbocycles. The van der Waals surface area contributed by atoms with Crippen LogP contribution in [0.4, 0.5) is 17.1 Å². The molecule has 0 radical (unpaired) electrons. The van der Waals surface area contributed by atoms with Crippen LogP contribution in [0.3, 0.4) is 0 Å². The van der Waals surface area contributed by atoms with Gasteiger partial charge in [0.1, 0.15) is 11.2 Å². The maximum atomic E-state index is 6.53. The summed E-state index contributed by atoms with van der Waals surface area (Å²) < 4.78 is 8.95. The highest BCUT2D eigenvalue weighted by atomic mass is 16.3. The highest BCUT2D eigenvalue weighted by Crippen LogP contribution is 2.43. The van der Waals surface area contributed by atoms with Crippen LogP contribution in [0.2, 0.25) is 0 Å². The normalized spacial score (nSPS) is 11.7. The second kappa shape index (κ2) is 16.7. The highest BCUT2D eigenvalue weighted by molar-refractivity contribution is 6.12. The van der Waals surface area contributed by atoms with Crippen LogP contribution in [0.5, 0.6) is 0 Å². The van der Waals surface area contributed by atoms with Gasteiger partial charge in [0.25, 0.3) is 0 Å². The first-order valence-electron chi connectivity index (χ1n) is 24.3. The summed E-state index contributed by atoms with van der Waals surface area (Å²) in [6.07, 6.45) is 0. The van der Waals surface area contributed by atoms with Gasteiger partial charge in [-0.2, -0.15) is 0 Å². The van der Waals surface area contributed by atoms with Crippen molar-refractivity contribution in [1.29, 1.82) is 0 Å². The fraction of sp³-hybridized carbons (Fsp3) is 0. The molecule has 0 saturated carbocycles. The zero-order valence-electron chi connectivity index (χ0n) is 38.7. The number of nitrogens with zero attached hydrogens (tertiary/aromatic N) is 2. The molecule has 3 heteroatoms. The van der Waals surface area contributed by atoms with Crippen molar-refractivity contribution in [3.8, 4) is 50.2 Å². The third-order valence-corrected chi connectivity index (χ3v) is 14.4. The van der Waals surface area contributed by atoms with Crippen molar-refractivity contribution in [3.05, 3.63) is 267 Å². The maximum Gasteiger partial charge on any atom is 0.143 e. The van der Waals surface area contributed by atoms with Gasteiger partial charge < -0.3 is 13.9 Å². The van der Waals surface area contributed by atoms with Crippen molar-refractivity contribution in [2.75, 3.05) is 4.90 Å². The fourth-order valence-corrected chi connectivity index (χ4v) is 11.1. The molecular formula is C68H44N2O. The number of hydrogen-bond acceptors (Lipinski definition) is 2. The van der Waals surface area contributed by atoms with E-state index in [9.17, 15) is 0 Å². The van der Waals surface area contributed by atoms with E-state index in [1.165, 1.54) is 54.5 Å². The first-order chi connectivity index (χ1) is 35.2. The Labute approximate surface area is 411 Å². The molecule has 0 spiro atoms. The average molecular weight is 905 g/mol. The maximum absolute atomic E-state index is 6.53. The second-order valence-corrected chi connectivity index (χ2v) is 18.4. The molecule has 332 valence electrons. The first kappa shape index (κ1) is 40.6. The average Bonchev–Trinajstić information content (AvgIpc) is 4.00. The van der Waals surface area contributed by atoms with Gasteiger partial charge in [-0.1, -0.05) is 200 Å². The monoisotopic (exact) mass is 904 g/mol. The Morgan fingerprint density at radius 1 is 0.282 bits per heavy atom. The number of anilines is 3. The Bertz CT molecular complexity index is 4290.